The number of rotatable bonds is 9. The van der Waals surface area contributed by atoms with Gasteiger partial charge in [-0.3, -0.25) is 4.79 Å². The molecule has 7 rings (SSSR count). The third kappa shape index (κ3) is 6.69. The average molecular weight is 805 g/mol. The van der Waals surface area contributed by atoms with Crippen molar-refractivity contribution in [2.45, 2.75) is 169 Å². The topological polar surface area (TPSA) is 295 Å². The van der Waals surface area contributed by atoms with Gasteiger partial charge in [-0.15, -0.1) is 0 Å². The molecule has 21 atom stereocenters. The molecule has 18 heteroatoms. The Kier molecular flexibility index (Phi) is 11.9. The van der Waals surface area contributed by atoms with Gasteiger partial charge in [-0.2, -0.15) is 0 Å². The monoisotopic (exact) mass is 804 g/mol. The lowest BCUT2D eigenvalue weighted by atomic mass is 9.41. The Labute approximate surface area is 324 Å². The molecule has 11 N–H and O–H groups in total. The fourth-order valence-electron chi connectivity index (χ4n) is 12.0. The third-order valence-corrected chi connectivity index (χ3v) is 15.0. The number of ether oxygens (including phenoxy) is 6. The molecule has 18 nitrogen and oxygen atoms in total. The molecule has 4 saturated carbocycles. The second-order valence-corrected chi connectivity index (χ2v) is 18.0. The van der Waals surface area contributed by atoms with Gasteiger partial charge in [-0.1, -0.05) is 19.9 Å². The molecule has 0 aromatic carbocycles. The number of fused-ring (bicyclic) bond motifs is 3. The van der Waals surface area contributed by atoms with Gasteiger partial charge in [0.15, 0.2) is 12.6 Å². The van der Waals surface area contributed by atoms with Crippen LogP contribution in [0, 0.1) is 28.1 Å². The van der Waals surface area contributed by atoms with Crippen LogP contribution < -0.4 is 0 Å². The van der Waals surface area contributed by atoms with Crippen molar-refractivity contribution in [1.29, 1.82) is 0 Å². The Morgan fingerprint density at radius 3 is 1.86 bits per heavy atom. The quantitative estimate of drug-likeness (QED) is 0.0631. The molecule has 3 heterocycles. The maximum absolute atomic E-state index is 14.1. The van der Waals surface area contributed by atoms with E-state index in [9.17, 15) is 61.0 Å². The van der Waals surface area contributed by atoms with Crippen LogP contribution in [0.15, 0.2) is 12.2 Å². The van der Waals surface area contributed by atoms with E-state index >= 15 is 0 Å². The van der Waals surface area contributed by atoms with Crippen LogP contribution in [0.4, 0.5) is 0 Å². The maximum Gasteiger partial charge on any atom is 0.314 e. The molecular weight excluding hydrogens is 744 g/mol. The number of carbonyl (C=O) groups excluding carboxylic acids is 1. The Morgan fingerprint density at radius 2 is 1.23 bits per heavy atom. The third-order valence-electron chi connectivity index (χ3n) is 15.0. The van der Waals surface area contributed by atoms with Crippen LogP contribution in [-0.2, 0) is 33.2 Å². The van der Waals surface area contributed by atoms with Crippen LogP contribution in [0.5, 0.6) is 0 Å². The van der Waals surface area contributed by atoms with Gasteiger partial charge in [-0.25, -0.2) is 0 Å². The lowest BCUT2D eigenvalue weighted by Crippen LogP contribution is -2.65. The molecule has 7 fully saturated rings. The van der Waals surface area contributed by atoms with E-state index in [0.717, 1.165) is 24.8 Å². The first-order chi connectivity index (χ1) is 26.4. The number of carbonyl (C=O) groups is 1. The molecule has 320 valence electrons. The summed E-state index contributed by atoms with van der Waals surface area (Å²) in [6.45, 7) is 6.50. The standard InChI is InChI=1S/C38H60O18/c1-16-11-37-9-5-20-35(2,7-4-8-36(20,3)34(50)55-32-28(48)26(46)23(43)18(13-40)52-32)21(37)6-10-38(16,15-37)56-33-29(49)30(24(44)19(14-41)53-33)54-31-27(47)25(45)22(42)17(12-39)51-31/h17-33,39-49H,1,4-15H2,2-3H3/t17?,18?,19?,20-,21-,22?,23?,24?,25?,26?,27?,28?,29?,30?,31?,32?,33?,35+,36+,37+,38-/m0/s1. The zero-order valence-electron chi connectivity index (χ0n) is 31.8. The Morgan fingerprint density at radius 1 is 0.679 bits per heavy atom. The summed E-state index contributed by atoms with van der Waals surface area (Å²) < 4.78 is 35.1. The predicted molar refractivity (Wildman–Crippen MR) is 186 cm³/mol. The summed E-state index contributed by atoms with van der Waals surface area (Å²) in [4.78, 5) is 14.1. The van der Waals surface area contributed by atoms with Crippen molar-refractivity contribution in [2.24, 2.45) is 28.1 Å². The first kappa shape index (κ1) is 42.7. The number of hydrogen-bond donors (Lipinski definition) is 11. The smallest absolute Gasteiger partial charge is 0.314 e. The molecule has 0 aromatic heterocycles. The average Bonchev–Trinajstić information content (AvgIpc) is 3.37. The van der Waals surface area contributed by atoms with E-state index in [2.05, 4.69) is 13.5 Å². The first-order valence-corrected chi connectivity index (χ1v) is 19.9. The van der Waals surface area contributed by atoms with Gasteiger partial charge in [-0.05, 0) is 86.5 Å². The summed E-state index contributed by atoms with van der Waals surface area (Å²) in [6.07, 6.45) is -17.7. The molecular formula is C38H60O18. The van der Waals surface area contributed by atoms with Crippen molar-refractivity contribution in [3.05, 3.63) is 12.2 Å². The number of aliphatic hydroxyl groups is 11. The Bertz CT molecular complexity index is 1450. The van der Waals surface area contributed by atoms with Gasteiger partial charge in [0.1, 0.15) is 73.2 Å². The van der Waals surface area contributed by atoms with Crippen molar-refractivity contribution in [1.82, 2.24) is 0 Å². The Hall–Kier alpha value is -1.43. The van der Waals surface area contributed by atoms with Crippen molar-refractivity contribution in [2.75, 3.05) is 19.8 Å². The molecule has 3 aliphatic heterocycles. The fraction of sp³-hybridized carbons (Fsp3) is 0.921. The lowest BCUT2D eigenvalue weighted by Gasteiger charge is -2.64. The summed E-state index contributed by atoms with van der Waals surface area (Å²) >= 11 is 0. The Balaban J connectivity index is 1.07. The summed E-state index contributed by atoms with van der Waals surface area (Å²) in [5.41, 5.74) is -1.72. The van der Waals surface area contributed by atoms with Crippen LogP contribution >= 0.6 is 0 Å². The van der Waals surface area contributed by atoms with Gasteiger partial charge in [0.2, 0.25) is 6.29 Å². The minimum atomic E-state index is -1.81. The van der Waals surface area contributed by atoms with Crippen LogP contribution in [0.3, 0.4) is 0 Å². The second-order valence-electron chi connectivity index (χ2n) is 18.0. The molecule has 2 bridgehead atoms. The van der Waals surface area contributed by atoms with Crippen LogP contribution in [0.25, 0.3) is 0 Å². The van der Waals surface area contributed by atoms with Crippen molar-refractivity contribution < 1.29 is 89.4 Å². The van der Waals surface area contributed by atoms with E-state index in [1.54, 1.807) is 0 Å². The molecule has 1 spiro atoms. The molecule has 15 unspecified atom stereocenters. The van der Waals surface area contributed by atoms with Crippen LogP contribution in [0.1, 0.15) is 71.6 Å². The minimum Gasteiger partial charge on any atom is -0.432 e. The zero-order valence-corrected chi connectivity index (χ0v) is 31.8. The van der Waals surface area contributed by atoms with Gasteiger partial charge in [0.25, 0.3) is 0 Å². The van der Waals surface area contributed by atoms with Gasteiger partial charge in [0.05, 0.1) is 30.8 Å². The first-order valence-electron chi connectivity index (χ1n) is 19.9. The number of esters is 1. The summed E-state index contributed by atoms with van der Waals surface area (Å²) in [7, 11) is 0. The van der Waals surface area contributed by atoms with Crippen molar-refractivity contribution in [3.63, 3.8) is 0 Å². The highest BCUT2D eigenvalue weighted by Gasteiger charge is 2.69. The second kappa shape index (κ2) is 15.6. The molecule has 56 heavy (non-hydrogen) atoms. The molecule has 0 amide bonds. The highest BCUT2D eigenvalue weighted by atomic mass is 16.7. The largest absolute Gasteiger partial charge is 0.432 e. The van der Waals surface area contributed by atoms with Gasteiger partial charge < -0.3 is 84.6 Å². The lowest BCUT2D eigenvalue weighted by molar-refractivity contribution is -0.369. The number of aliphatic hydroxyl groups excluding tert-OH is 11. The van der Waals surface area contributed by atoms with E-state index in [4.69, 9.17) is 28.4 Å². The van der Waals surface area contributed by atoms with E-state index < -0.39 is 129 Å². The van der Waals surface area contributed by atoms with Crippen LogP contribution in [-0.4, -0.2) is 180 Å². The summed E-state index contributed by atoms with van der Waals surface area (Å²) in [5.74, 6) is -0.562. The molecule has 3 saturated heterocycles. The highest BCUT2D eigenvalue weighted by molar-refractivity contribution is 5.77. The summed E-state index contributed by atoms with van der Waals surface area (Å²) in [5, 5.41) is 114. The van der Waals surface area contributed by atoms with Crippen molar-refractivity contribution >= 4 is 5.97 Å². The summed E-state index contributed by atoms with van der Waals surface area (Å²) in [6, 6.07) is 0. The van der Waals surface area contributed by atoms with E-state index in [-0.39, 0.29) is 22.7 Å². The predicted octanol–water partition coefficient (Wildman–Crippen LogP) is -2.94. The zero-order chi connectivity index (χ0) is 40.7. The molecule has 0 radical (unpaired) electrons. The molecule has 4 aliphatic carbocycles. The number of hydrogen-bond acceptors (Lipinski definition) is 18. The minimum absolute atomic E-state index is 0.116. The van der Waals surface area contributed by atoms with E-state index in [0.29, 0.717) is 38.5 Å². The van der Waals surface area contributed by atoms with E-state index in [1.807, 2.05) is 6.92 Å². The fourth-order valence-corrected chi connectivity index (χ4v) is 12.0. The molecule has 0 aromatic rings. The SMILES string of the molecule is C=C1C[C@@]23CC[C@H]4[C@@](C)(CCC[C@@]4(C)C(=O)OC4OC(CO)C(O)C(O)C4O)[C@@H]2CC[C@]1(OC1OC(CO)C(O)C(OC2OC(CO)C(O)C(O)C2O)C1O)C3. The van der Waals surface area contributed by atoms with Crippen molar-refractivity contribution in [3.8, 4) is 0 Å². The maximum atomic E-state index is 14.1. The van der Waals surface area contributed by atoms with Gasteiger partial charge >= 0.3 is 5.97 Å². The highest BCUT2D eigenvalue weighted by Crippen LogP contribution is 2.73. The van der Waals surface area contributed by atoms with Gasteiger partial charge in [0, 0.05) is 0 Å². The van der Waals surface area contributed by atoms with Crippen LogP contribution in [0.2, 0.25) is 0 Å². The molecule has 7 aliphatic rings. The van der Waals surface area contributed by atoms with E-state index in [1.165, 1.54) is 0 Å². The normalized spacial score (nSPS) is 54.6.